The molecular formula is C22H36O6. The number of hydrogen-bond donors (Lipinski definition) is 1. The molecule has 4 saturated heterocycles. The fourth-order valence-electron chi connectivity index (χ4n) is 4.73. The number of unbranched alkanes of at least 4 members (excludes halogenated alkanes) is 14. The molecule has 4 heterocycles. The maximum atomic E-state index is 10.4. The Bertz CT molecular complexity index is 543. The van der Waals surface area contributed by atoms with Gasteiger partial charge < -0.3 is 9.84 Å². The molecular weight excluding hydrogens is 360 g/mol. The lowest BCUT2D eigenvalue weighted by Crippen LogP contribution is -2.39. The van der Waals surface area contributed by atoms with E-state index in [1.54, 1.807) is 0 Å². The van der Waals surface area contributed by atoms with E-state index in [2.05, 4.69) is 0 Å². The molecule has 6 heteroatoms. The van der Waals surface area contributed by atoms with E-state index in [1.807, 2.05) is 0 Å². The van der Waals surface area contributed by atoms with Gasteiger partial charge in [-0.25, -0.2) is 0 Å². The Balaban J connectivity index is 0.836. The van der Waals surface area contributed by atoms with Crippen molar-refractivity contribution in [3.05, 3.63) is 0 Å². The minimum atomic E-state index is -0.664. The predicted molar refractivity (Wildman–Crippen MR) is 102 cm³/mol. The maximum Gasteiger partial charge on any atom is 0.355 e. The highest BCUT2D eigenvalue weighted by atomic mass is 17.2. The van der Waals surface area contributed by atoms with E-state index >= 15 is 0 Å². The molecule has 4 rings (SSSR count). The number of carbonyl (C=O) groups is 1. The molecule has 0 aromatic carbocycles. The van der Waals surface area contributed by atoms with Crippen LogP contribution in [-0.2, 0) is 23.7 Å². The first kappa shape index (κ1) is 20.6. The SMILES string of the molecule is O=C(O)CCCCCCCCCCCCCCCCCC1OC12OC13OC12O3. The fourth-order valence-corrected chi connectivity index (χ4v) is 4.73. The van der Waals surface area contributed by atoms with Crippen LogP contribution < -0.4 is 0 Å². The molecule has 4 aliphatic heterocycles. The van der Waals surface area contributed by atoms with E-state index in [1.165, 1.54) is 83.5 Å². The van der Waals surface area contributed by atoms with Gasteiger partial charge in [0.1, 0.15) is 6.10 Å². The predicted octanol–water partition coefficient (Wildman–Crippen LogP) is 5.24. The van der Waals surface area contributed by atoms with Gasteiger partial charge in [-0.3, -0.25) is 19.0 Å². The molecule has 2 atom stereocenters. The van der Waals surface area contributed by atoms with Gasteiger partial charge in [-0.1, -0.05) is 89.9 Å². The lowest BCUT2D eigenvalue weighted by atomic mass is 10.0. The van der Waals surface area contributed by atoms with Crippen LogP contribution in [0.25, 0.3) is 0 Å². The Labute approximate surface area is 168 Å². The molecule has 4 fully saturated rings. The van der Waals surface area contributed by atoms with Gasteiger partial charge in [-0.2, -0.15) is 0 Å². The van der Waals surface area contributed by atoms with Crippen molar-refractivity contribution in [2.45, 2.75) is 133 Å². The average molecular weight is 397 g/mol. The van der Waals surface area contributed by atoms with E-state index in [0.29, 0.717) is 6.42 Å². The van der Waals surface area contributed by atoms with Crippen LogP contribution in [0.2, 0.25) is 0 Å². The summed E-state index contributed by atoms with van der Waals surface area (Å²) in [5.41, 5.74) is 0. The first-order valence-corrected chi connectivity index (χ1v) is 11.6. The third kappa shape index (κ3) is 4.11. The smallest absolute Gasteiger partial charge is 0.355 e. The fraction of sp³-hybridized carbons (Fsp3) is 0.955. The van der Waals surface area contributed by atoms with Gasteiger partial charge in [0.15, 0.2) is 0 Å². The number of carboxylic acids is 1. The highest BCUT2D eigenvalue weighted by molar-refractivity contribution is 5.66. The van der Waals surface area contributed by atoms with Gasteiger partial charge in [-0.15, -0.1) is 0 Å². The van der Waals surface area contributed by atoms with E-state index in [0.717, 1.165) is 19.3 Å². The van der Waals surface area contributed by atoms with Crippen LogP contribution in [0.4, 0.5) is 0 Å². The molecule has 0 radical (unpaired) electrons. The summed E-state index contributed by atoms with van der Waals surface area (Å²) in [6.07, 6.45) is 20.6. The first-order chi connectivity index (χ1) is 13.6. The highest BCUT2D eigenvalue weighted by Gasteiger charge is 3.16. The average Bonchev–Trinajstić information content (AvgIpc) is 3.54. The number of epoxide rings is 3. The van der Waals surface area contributed by atoms with E-state index in [4.69, 9.17) is 24.1 Å². The third-order valence-electron chi connectivity index (χ3n) is 6.66. The molecule has 0 aromatic heterocycles. The summed E-state index contributed by atoms with van der Waals surface area (Å²) in [6, 6.07) is 0. The van der Waals surface area contributed by atoms with Gasteiger partial charge in [-0.05, 0) is 12.8 Å². The summed E-state index contributed by atoms with van der Waals surface area (Å²) in [6.45, 7) is 0. The molecule has 0 amide bonds. The lowest BCUT2D eigenvalue weighted by molar-refractivity contribution is -0.166. The third-order valence-corrected chi connectivity index (χ3v) is 6.66. The van der Waals surface area contributed by atoms with Gasteiger partial charge in [0.05, 0.1) is 0 Å². The second-order valence-electron chi connectivity index (χ2n) is 8.99. The number of carboxylic acid groups (broad SMARTS) is 1. The Hall–Kier alpha value is -0.690. The number of ether oxygens (including phenoxy) is 4. The van der Waals surface area contributed by atoms with Crippen LogP contribution >= 0.6 is 0 Å². The van der Waals surface area contributed by atoms with Crippen LogP contribution in [-0.4, -0.2) is 34.7 Å². The largest absolute Gasteiger partial charge is 0.481 e. The molecule has 1 N–H and O–H groups in total. The zero-order chi connectivity index (χ0) is 19.5. The van der Waals surface area contributed by atoms with Gasteiger partial charge in [0, 0.05) is 6.42 Å². The zero-order valence-electron chi connectivity index (χ0n) is 17.1. The Morgan fingerprint density at radius 3 is 1.54 bits per heavy atom. The van der Waals surface area contributed by atoms with Crippen molar-refractivity contribution in [1.29, 1.82) is 0 Å². The van der Waals surface area contributed by atoms with Crippen molar-refractivity contribution in [2.75, 3.05) is 0 Å². The molecule has 0 bridgehead atoms. The van der Waals surface area contributed by atoms with Crippen molar-refractivity contribution < 1.29 is 28.8 Å². The molecule has 1 spiro atoms. The topological polar surface area (TPSA) is 84.1 Å². The molecule has 28 heavy (non-hydrogen) atoms. The molecule has 0 saturated carbocycles. The summed E-state index contributed by atoms with van der Waals surface area (Å²) in [5.74, 6) is -2.28. The minimum absolute atomic E-state index is 0.190. The Morgan fingerprint density at radius 1 is 0.679 bits per heavy atom. The summed E-state index contributed by atoms with van der Waals surface area (Å²) in [4.78, 5) is 10.4. The quantitative estimate of drug-likeness (QED) is 0.252. The highest BCUT2D eigenvalue weighted by Crippen LogP contribution is 2.88. The van der Waals surface area contributed by atoms with Gasteiger partial charge in [0.25, 0.3) is 5.79 Å². The van der Waals surface area contributed by atoms with E-state index in [9.17, 15) is 4.79 Å². The lowest BCUT2D eigenvalue weighted by Gasteiger charge is -2.10. The van der Waals surface area contributed by atoms with Crippen molar-refractivity contribution in [3.63, 3.8) is 0 Å². The minimum Gasteiger partial charge on any atom is -0.481 e. The van der Waals surface area contributed by atoms with Gasteiger partial charge in [0.2, 0.25) is 0 Å². The molecule has 160 valence electrons. The van der Waals surface area contributed by atoms with Crippen molar-refractivity contribution in [2.24, 2.45) is 0 Å². The molecule has 0 aromatic rings. The van der Waals surface area contributed by atoms with Crippen LogP contribution in [0.5, 0.6) is 0 Å². The second kappa shape index (κ2) is 8.58. The summed E-state index contributed by atoms with van der Waals surface area (Å²) in [5, 5.41) is 8.58. The second-order valence-corrected chi connectivity index (χ2v) is 8.99. The Kier molecular flexibility index (Phi) is 6.31. The Morgan fingerprint density at radius 2 is 1.14 bits per heavy atom. The first-order valence-electron chi connectivity index (χ1n) is 11.6. The molecule has 2 unspecified atom stereocenters. The molecule has 6 nitrogen and oxygen atoms in total. The maximum absolute atomic E-state index is 10.4. The van der Waals surface area contributed by atoms with Crippen molar-refractivity contribution >= 4 is 5.97 Å². The standard InChI is InChI=1S/C22H36O6/c23-19(24)17-15-13-11-9-7-5-3-1-2-4-6-8-10-12-14-16-18-20(25-18)21-22(26-20,27-21)28-21/h18H,1-17H2,(H,23,24). The van der Waals surface area contributed by atoms with Crippen LogP contribution in [0.3, 0.4) is 0 Å². The van der Waals surface area contributed by atoms with E-state index in [-0.39, 0.29) is 6.10 Å². The van der Waals surface area contributed by atoms with Crippen LogP contribution in [0.15, 0.2) is 0 Å². The summed E-state index contributed by atoms with van der Waals surface area (Å²) >= 11 is 0. The number of rotatable bonds is 18. The summed E-state index contributed by atoms with van der Waals surface area (Å²) < 4.78 is 22.0. The molecule has 4 aliphatic rings. The summed E-state index contributed by atoms with van der Waals surface area (Å²) in [7, 11) is 0. The molecule has 0 aliphatic carbocycles. The number of hydrogen-bond acceptors (Lipinski definition) is 5. The number of aliphatic carboxylic acids is 1. The van der Waals surface area contributed by atoms with Gasteiger partial charge >= 0.3 is 17.7 Å². The normalized spacial score (nSPS) is 35.9. The van der Waals surface area contributed by atoms with E-state index < -0.39 is 23.5 Å². The van der Waals surface area contributed by atoms with Crippen molar-refractivity contribution in [3.8, 4) is 0 Å². The van der Waals surface area contributed by atoms with Crippen LogP contribution in [0.1, 0.15) is 109 Å². The van der Waals surface area contributed by atoms with Crippen LogP contribution in [0, 0.1) is 0 Å². The zero-order valence-corrected chi connectivity index (χ0v) is 17.1. The van der Waals surface area contributed by atoms with Crippen molar-refractivity contribution in [1.82, 2.24) is 0 Å². The monoisotopic (exact) mass is 396 g/mol.